The Kier molecular flexibility index (Phi) is 3.99. The van der Waals surface area contributed by atoms with Gasteiger partial charge in [-0.1, -0.05) is 24.3 Å². The van der Waals surface area contributed by atoms with E-state index in [1.807, 2.05) is 30.3 Å². The number of hydrogen-bond donors (Lipinski definition) is 2. The van der Waals surface area contributed by atoms with Crippen LogP contribution in [0.1, 0.15) is 27.8 Å². The number of nitrogens with one attached hydrogen (secondary N) is 2. The number of aromatic amines is 2. The van der Waals surface area contributed by atoms with Crippen LogP contribution in [-0.4, -0.2) is 34.4 Å². The molecule has 1 atom stereocenters. The number of ether oxygens (including phenoxy) is 1. The molecule has 7 heteroatoms. The van der Waals surface area contributed by atoms with Crippen molar-refractivity contribution in [3.8, 4) is 0 Å². The Morgan fingerprint density at radius 2 is 1.97 bits per heavy atom. The van der Waals surface area contributed by atoms with Crippen molar-refractivity contribution in [1.29, 1.82) is 0 Å². The van der Waals surface area contributed by atoms with Crippen molar-refractivity contribution in [3.05, 3.63) is 81.7 Å². The molecule has 6 nitrogen and oxygen atoms in total. The number of benzene rings is 2. The van der Waals surface area contributed by atoms with Crippen molar-refractivity contribution in [2.24, 2.45) is 0 Å². The molecule has 0 bridgehead atoms. The van der Waals surface area contributed by atoms with Crippen LogP contribution in [-0.2, 0) is 11.3 Å². The first kappa shape index (κ1) is 17.6. The van der Waals surface area contributed by atoms with Gasteiger partial charge in [0.25, 0.3) is 11.5 Å². The van der Waals surface area contributed by atoms with Gasteiger partial charge in [-0.05, 0) is 29.7 Å². The fourth-order valence-corrected chi connectivity index (χ4v) is 4.05. The lowest BCUT2D eigenvalue weighted by Crippen LogP contribution is -2.37. The average Bonchev–Trinajstić information content (AvgIpc) is 3.16. The van der Waals surface area contributed by atoms with Gasteiger partial charge in [0, 0.05) is 29.2 Å². The highest BCUT2D eigenvalue weighted by Crippen LogP contribution is 2.33. The highest BCUT2D eigenvalue weighted by molar-refractivity contribution is 5.98. The zero-order valence-corrected chi connectivity index (χ0v) is 15.7. The number of fused-ring (bicyclic) bond motifs is 4. The Morgan fingerprint density at radius 3 is 2.79 bits per heavy atom. The molecule has 1 aliphatic heterocycles. The molecule has 0 aliphatic carbocycles. The van der Waals surface area contributed by atoms with Gasteiger partial charge in [0.2, 0.25) is 0 Å². The van der Waals surface area contributed by atoms with Crippen LogP contribution in [0.3, 0.4) is 0 Å². The number of para-hydroxylation sites is 1. The van der Waals surface area contributed by atoms with Gasteiger partial charge < -0.3 is 19.6 Å². The summed E-state index contributed by atoms with van der Waals surface area (Å²) in [6, 6.07) is 13.2. The van der Waals surface area contributed by atoms with Crippen LogP contribution in [0.15, 0.2) is 53.3 Å². The van der Waals surface area contributed by atoms with E-state index in [1.54, 1.807) is 18.0 Å². The fraction of sp³-hybridized carbons (Fsp3) is 0.182. The number of carbonyl (C=O) groups excluding carboxylic acids is 1. The number of pyridine rings is 1. The van der Waals surface area contributed by atoms with Crippen molar-refractivity contribution in [2.45, 2.75) is 12.6 Å². The zero-order valence-electron chi connectivity index (χ0n) is 15.7. The summed E-state index contributed by atoms with van der Waals surface area (Å²) in [6.45, 7) is 0.525. The molecular weight excluding hydrogens is 373 g/mol. The molecule has 1 amide bonds. The molecule has 0 fully saturated rings. The summed E-state index contributed by atoms with van der Waals surface area (Å²) in [5.41, 5.74) is 2.39. The minimum Gasteiger partial charge on any atom is -0.373 e. The first-order chi connectivity index (χ1) is 14.0. The lowest BCUT2D eigenvalue weighted by molar-refractivity contribution is 0.0333. The fourth-order valence-electron chi connectivity index (χ4n) is 4.05. The molecule has 2 N–H and O–H groups in total. The number of likely N-dealkylation sites (N-methyl/N-ethyl adjacent to an activating group) is 1. The van der Waals surface area contributed by atoms with Crippen LogP contribution >= 0.6 is 0 Å². The number of H-pyrrole nitrogens is 2. The Bertz CT molecular complexity index is 1290. The maximum absolute atomic E-state index is 13.7. The van der Waals surface area contributed by atoms with E-state index in [0.29, 0.717) is 16.8 Å². The average molecular weight is 391 g/mol. The molecule has 1 aliphatic rings. The van der Waals surface area contributed by atoms with Crippen molar-refractivity contribution in [3.63, 3.8) is 0 Å². The van der Waals surface area contributed by atoms with E-state index >= 15 is 0 Å². The minimum absolute atomic E-state index is 0.191. The van der Waals surface area contributed by atoms with Crippen LogP contribution in [0.25, 0.3) is 21.7 Å². The number of carbonyl (C=O) groups is 1. The number of aromatic nitrogens is 2. The topological polar surface area (TPSA) is 78.2 Å². The second-order valence-corrected chi connectivity index (χ2v) is 7.25. The van der Waals surface area contributed by atoms with Crippen molar-refractivity contribution >= 4 is 27.6 Å². The molecule has 4 aromatic rings. The molecule has 5 rings (SSSR count). The van der Waals surface area contributed by atoms with E-state index < -0.39 is 11.9 Å². The van der Waals surface area contributed by atoms with Crippen LogP contribution in [0.2, 0.25) is 0 Å². The summed E-state index contributed by atoms with van der Waals surface area (Å²) in [7, 11) is 1.71. The van der Waals surface area contributed by atoms with Crippen LogP contribution in [0.5, 0.6) is 0 Å². The summed E-state index contributed by atoms with van der Waals surface area (Å²) >= 11 is 0. The van der Waals surface area contributed by atoms with E-state index in [1.165, 1.54) is 12.1 Å². The van der Waals surface area contributed by atoms with E-state index in [-0.39, 0.29) is 30.1 Å². The smallest absolute Gasteiger partial charge is 0.270 e. The Morgan fingerprint density at radius 1 is 1.14 bits per heavy atom. The number of amides is 1. The second-order valence-electron chi connectivity index (χ2n) is 7.25. The highest BCUT2D eigenvalue weighted by atomic mass is 19.1. The van der Waals surface area contributed by atoms with Crippen LogP contribution < -0.4 is 5.56 Å². The van der Waals surface area contributed by atoms with E-state index in [9.17, 15) is 14.0 Å². The van der Waals surface area contributed by atoms with Gasteiger partial charge in [-0.15, -0.1) is 0 Å². The van der Waals surface area contributed by atoms with Gasteiger partial charge in [0.05, 0.1) is 24.6 Å². The van der Waals surface area contributed by atoms with Gasteiger partial charge in [-0.2, -0.15) is 0 Å². The quantitative estimate of drug-likeness (QED) is 0.549. The monoisotopic (exact) mass is 391 g/mol. The third-order valence-corrected chi connectivity index (χ3v) is 5.51. The van der Waals surface area contributed by atoms with E-state index in [0.717, 1.165) is 16.5 Å². The maximum Gasteiger partial charge on any atom is 0.270 e. The summed E-state index contributed by atoms with van der Waals surface area (Å²) in [6.07, 6.45) is 0. The molecular formula is C22H18FN3O3. The first-order valence-electron chi connectivity index (χ1n) is 9.30. The number of halogens is 1. The second kappa shape index (κ2) is 6.56. The SMILES string of the molecule is CN(C(=O)c1cc2ccccc2[nH]1)[C@H]1COCc2[nH]c(=O)c3cc(F)ccc3c21. The molecule has 0 radical (unpaired) electrons. The Hall–Kier alpha value is -3.45. The summed E-state index contributed by atoms with van der Waals surface area (Å²) in [5.74, 6) is -0.668. The minimum atomic E-state index is -0.478. The lowest BCUT2D eigenvalue weighted by Gasteiger charge is -2.33. The molecule has 29 heavy (non-hydrogen) atoms. The normalized spacial score (nSPS) is 16.1. The van der Waals surface area contributed by atoms with Gasteiger partial charge in [-0.3, -0.25) is 9.59 Å². The molecule has 0 unspecified atom stereocenters. The molecule has 0 saturated carbocycles. The van der Waals surface area contributed by atoms with Crippen LogP contribution in [0, 0.1) is 5.82 Å². The standard InChI is InChI=1S/C22H18FN3O3/c1-26(22(28)17-8-12-4-2-3-5-16(12)24-17)19-11-29-10-18-20(19)14-7-6-13(23)9-15(14)21(27)25-18/h2-9,19,24H,10-11H2,1H3,(H,25,27)/t19-/m0/s1. The zero-order chi connectivity index (χ0) is 20.1. The van der Waals surface area contributed by atoms with E-state index in [2.05, 4.69) is 9.97 Å². The lowest BCUT2D eigenvalue weighted by atomic mass is 9.95. The first-order valence-corrected chi connectivity index (χ1v) is 9.30. The summed E-state index contributed by atoms with van der Waals surface area (Å²) in [4.78, 5) is 33.1. The molecule has 0 spiro atoms. The molecule has 146 valence electrons. The van der Waals surface area contributed by atoms with Gasteiger partial charge >= 0.3 is 0 Å². The molecule has 0 saturated heterocycles. The van der Waals surface area contributed by atoms with Gasteiger partial charge in [-0.25, -0.2) is 4.39 Å². The predicted octanol–water partition coefficient (Wildman–Crippen LogP) is 3.49. The summed E-state index contributed by atoms with van der Waals surface area (Å²) in [5, 5.41) is 1.85. The van der Waals surface area contributed by atoms with E-state index in [4.69, 9.17) is 4.74 Å². The molecule has 3 heterocycles. The molecule has 2 aromatic heterocycles. The Labute approximate surface area is 164 Å². The van der Waals surface area contributed by atoms with Gasteiger partial charge in [0.1, 0.15) is 11.5 Å². The number of rotatable bonds is 2. The van der Waals surface area contributed by atoms with Crippen molar-refractivity contribution in [2.75, 3.05) is 13.7 Å². The van der Waals surface area contributed by atoms with Crippen molar-refractivity contribution < 1.29 is 13.9 Å². The molecule has 2 aromatic carbocycles. The Balaban J connectivity index is 1.60. The summed E-state index contributed by atoms with van der Waals surface area (Å²) < 4.78 is 19.4. The number of hydrogen-bond acceptors (Lipinski definition) is 3. The van der Waals surface area contributed by atoms with Crippen molar-refractivity contribution in [1.82, 2.24) is 14.9 Å². The predicted molar refractivity (Wildman–Crippen MR) is 107 cm³/mol. The third kappa shape index (κ3) is 2.82. The highest BCUT2D eigenvalue weighted by Gasteiger charge is 2.31. The van der Waals surface area contributed by atoms with Crippen LogP contribution in [0.4, 0.5) is 4.39 Å². The number of nitrogens with zero attached hydrogens (tertiary/aromatic N) is 1. The maximum atomic E-state index is 13.7. The van der Waals surface area contributed by atoms with Gasteiger partial charge in [0.15, 0.2) is 0 Å². The third-order valence-electron chi connectivity index (χ3n) is 5.51. The largest absolute Gasteiger partial charge is 0.373 e.